The summed E-state index contributed by atoms with van der Waals surface area (Å²) in [4.78, 5) is 33.4. The second kappa shape index (κ2) is 6.52. The van der Waals surface area contributed by atoms with Crippen LogP contribution in [0.1, 0.15) is 10.4 Å². The summed E-state index contributed by atoms with van der Waals surface area (Å²) in [5.41, 5.74) is 0.705. The van der Waals surface area contributed by atoms with Gasteiger partial charge in [0.2, 0.25) is 5.56 Å². The summed E-state index contributed by atoms with van der Waals surface area (Å²) >= 11 is 0. The predicted molar refractivity (Wildman–Crippen MR) is 83.6 cm³/mol. The molecule has 7 heteroatoms. The third-order valence-electron chi connectivity index (χ3n) is 2.91. The predicted octanol–water partition coefficient (Wildman–Crippen LogP) is 2.21. The van der Waals surface area contributed by atoms with Gasteiger partial charge >= 0.3 is 6.01 Å². The van der Waals surface area contributed by atoms with Gasteiger partial charge in [0.05, 0.1) is 5.56 Å². The molecule has 0 aliphatic heterocycles. The number of H-pyrrole nitrogens is 1. The van der Waals surface area contributed by atoms with Gasteiger partial charge in [-0.15, -0.1) is 0 Å². The number of pyridine rings is 1. The largest absolute Gasteiger partial charge is 0.424 e. The number of ether oxygens (including phenoxy) is 1. The number of carbonyl (C=O) groups excluding carboxylic acids is 1. The van der Waals surface area contributed by atoms with Crippen LogP contribution in [0.5, 0.6) is 11.8 Å². The minimum atomic E-state index is -0.318. The van der Waals surface area contributed by atoms with Crippen molar-refractivity contribution in [2.24, 2.45) is 0 Å². The smallest absolute Gasteiger partial charge is 0.321 e. The van der Waals surface area contributed by atoms with Crippen molar-refractivity contribution in [2.75, 3.05) is 5.32 Å². The lowest BCUT2D eigenvalue weighted by molar-refractivity contribution is 0.102. The first kappa shape index (κ1) is 14.5. The summed E-state index contributed by atoms with van der Waals surface area (Å²) in [5.74, 6) is 0.236. The molecule has 2 heterocycles. The highest BCUT2D eigenvalue weighted by molar-refractivity contribution is 6.04. The van der Waals surface area contributed by atoms with Crippen molar-refractivity contribution < 1.29 is 9.53 Å². The van der Waals surface area contributed by atoms with Crippen LogP contribution in [0.2, 0.25) is 0 Å². The summed E-state index contributed by atoms with van der Waals surface area (Å²) < 4.78 is 5.46. The SMILES string of the molecule is O=C(Nc1ccc(Oc2ncccn2)cc1)c1ccc(=O)[nH]c1. The van der Waals surface area contributed by atoms with E-state index in [9.17, 15) is 9.59 Å². The fourth-order valence-corrected chi connectivity index (χ4v) is 1.80. The first-order valence-corrected chi connectivity index (χ1v) is 6.76. The van der Waals surface area contributed by atoms with Gasteiger partial charge in [-0.25, -0.2) is 9.97 Å². The van der Waals surface area contributed by atoms with Gasteiger partial charge in [-0.2, -0.15) is 0 Å². The number of carbonyl (C=O) groups is 1. The lowest BCUT2D eigenvalue weighted by Gasteiger charge is -2.07. The topological polar surface area (TPSA) is 97.0 Å². The van der Waals surface area contributed by atoms with E-state index < -0.39 is 0 Å². The summed E-state index contributed by atoms with van der Waals surface area (Å²) in [6.07, 6.45) is 4.53. The van der Waals surface area contributed by atoms with E-state index in [1.54, 1.807) is 42.7 Å². The molecule has 1 amide bonds. The number of amides is 1. The summed E-state index contributed by atoms with van der Waals surface area (Å²) in [6.45, 7) is 0. The lowest BCUT2D eigenvalue weighted by atomic mass is 10.2. The van der Waals surface area contributed by atoms with Gasteiger partial charge in [-0.05, 0) is 36.4 Å². The monoisotopic (exact) mass is 308 g/mol. The van der Waals surface area contributed by atoms with Crippen LogP contribution in [-0.4, -0.2) is 20.9 Å². The average molecular weight is 308 g/mol. The molecule has 0 aliphatic rings. The van der Waals surface area contributed by atoms with Gasteiger partial charge in [0.1, 0.15) is 5.75 Å². The van der Waals surface area contributed by atoms with Crippen molar-refractivity contribution in [1.29, 1.82) is 0 Å². The Hall–Kier alpha value is -3.48. The molecule has 114 valence electrons. The molecule has 2 N–H and O–H groups in total. The minimum absolute atomic E-state index is 0.248. The van der Waals surface area contributed by atoms with Gasteiger partial charge in [0.15, 0.2) is 0 Å². The van der Waals surface area contributed by atoms with Crippen molar-refractivity contribution in [2.45, 2.75) is 0 Å². The quantitative estimate of drug-likeness (QED) is 0.770. The van der Waals surface area contributed by atoms with Crippen molar-refractivity contribution in [3.63, 3.8) is 0 Å². The minimum Gasteiger partial charge on any atom is -0.424 e. The molecular weight excluding hydrogens is 296 g/mol. The number of hydrogen-bond acceptors (Lipinski definition) is 5. The van der Waals surface area contributed by atoms with Crippen LogP contribution in [0.15, 0.2) is 65.8 Å². The highest BCUT2D eigenvalue weighted by atomic mass is 16.5. The molecule has 0 saturated carbocycles. The molecule has 3 aromatic rings. The van der Waals surface area contributed by atoms with Crippen LogP contribution in [0.4, 0.5) is 5.69 Å². The van der Waals surface area contributed by atoms with Gasteiger partial charge in [-0.1, -0.05) is 0 Å². The van der Waals surface area contributed by atoms with Gasteiger partial charge in [0.25, 0.3) is 5.91 Å². The molecule has 2 aromatic heterocycles. The Bertz CT molecular complexity index is 840. The maximum atomic E-state index is 12.0. The van der Waals surface area contributed by atoms with E-state index in [0.29, 0.717) is 17.0 Å². The zero-order valence-electron chi connectivity index (χ0n) is 11.9. The van der Waals surface area contributed by atoms with E-state index in [4.69, 9.17) is 4.74 Å². The molecule has 0 atom stereocenters. The number of benzene rings is 1. The number of hydrogen-bond donors (Lipinski definition) is 2. The van der Waals surface area contributed by atoms with Crippen LogP contribution < -0.4 is 15.6 Å². The number of nitrogens with zero attached hydrogens (tertiary/aromatic N) is 2. The number of rotatable bonds is 4. The zero-order chi connectivity index (χ0) is 16.1. The van der Waals surface area contributed by atoms with Crippen molar-refractivity contribution >= 4 is 11.6 Å². The lowest BCUT2D eigenvalue weighted by Crippen LogP contribution is -2.14. The van der Waals surface area contributed by atoms with Crippen molar-refractivity contribution in [3.8, 4) is 11.8 Å². The number of nitrogens with one attached hydrogen (secondary N) is 2. The number of aromatic nitrogens is 3. The fourth-order valence-electron chi connectivity index (χ4n) is 1.80. The molecule has 3 rings (SSSR count). The maximum absolute atomic E-state index is 12.0. The summed E-state index contributed by atoms with van der Waals surface area (Å²) in [5, 5.41) is 2.72. The van der Waals surface area contributed by atoms with Crippen LogP contribution in [0.3, 0.4) is 0 Å². The molecular formula is C16H12N4O3. The molecule has 0 saturated heterocycles. The zero-order valence-corrected chi connectivity index (χ0v) is 11.9. The van der Waals surface area contributed by atoms with Gasteiger partial charge in [0, 0.05) is 30.3 Å². The maximum Gasteiger partial charge on any atom is 0.321 e. The highest BCUT2D eigenvalue weighted by Gasteiger charge is 2.06. The molecule has 7 nitrogen and oxygen atoms in total. The molecule has 0 fully saturated rings. The Kier molecular flexibility index (Phi) is 4.10. The van der Waals surface area contributed by atoms with E-state index in [0.717, 1.165) is 0 Å². The third kappa shape index (κ3) is 3.79. The van der Waals surface area contributed by atoms with Crippen molar-refractivity contribution in [3.05, 3.63) is 77.0 Å². The van der Waals surface area contributed by atoms with E-state index in [1.807, 2.05) is 0 Å². The third-order valence-corrected chi connectivity index (χ3v) is 2.91. The molecule has 0 unspecified atom stereocenters. The van der Waals surface area contributed by atoms with Gasteiger partial charge in [-0.3, -0.25) is 9.59 Å². The second-order valence-corrected chi connectivity index (χ2v) is 4.55. The molecule has 23 heavy (non-hydrogen) atoms. The van der Waals surface area contributed by atoms with E-state index in [-0.39, 0.29) is 17.5 Å². The molecule has 0 aliphatic carbocycles. The molecule has 0 spiro atoms. The first-order valence-electron chi connectivity index (χ1n) is 6.76. The van der Waals surface area contributed by atoms with E-state index in [2.05, 4.69) is 20.3 Å². The fraction of sp³-hybridized carbons (Fsp3) is 0. The molecule has 0 radical (unpaired) electrons. The van der Waals surface area contributed by atoms with E-state index in [1.165, 1.54) is 18.3 Å². The Morgan fingerprint density at radius 3 is 2.43 bits per heavy atom. The van der Waals surface area contributed by atoms with Crippen molar-refractivity contribution in [1.82, 2.24) is 15.0 Å². The summed E-state index contributed by atoms with van der Waals surface area (Å²) in [7, 11) is 0. The van der Waals surface area contributed by atoms with Crippen LogP contribution >= 0.6 is 0 Å². The Morgan fingerprint density at radius 2 is 1.78 bits per heavy atom. The van der Waals surface area contributed by atoms with Crippen LogP contribution in [0, 0.1) is 0 Å². The highest BCUT2D eigenvalue weighted by Crippen LogP contribution is 2.20. The molecule has 0 bridgehead atoms. The van der Waals surface area contributed by atoms with Crippen LogP contribution in [0.25, 0.3) is 0 Å². The average Bonchev–Trinajstić information content (AvgIpc) is 2.58. The summed E-state index contributed by atoms with van der Waals surface area (Å²) in [6, 6.07) is 11.5. The Morgan fingerprint density at radius 1 is 1.04 bits per heavy atom. The molecule has 1 aromatic carbocycles. The Labute approximate surface area is 131 Å². The van der Waals surface area contributed by atoms with Gasteiger partial charge < -0.3 is 15.0 Å². The number of anilines is 1. The second-order valence-electron chi connectivity index (χ2n) is 4.55. The normalized spacial score (nSPS) is 10.1. The first-order chi connectivity index (χ1) is 11.2. The Balaban J connectivity index is 1.66. The standard InChI is InChI=1S/C16H12N4O3/c21-14-7-2-11(10-19-14)15(22)20-12-3-5-13(6-4-12)23-16-17-8-1-9-18-16/h1-10H,(H,19,21)(H,20,22). The van der Waals surface area contributed by atoms with Crippen LogP contribution in [-0.2, 0) is 0 Å². The number of aromatic amines is 1. The van der Waals surface area contributed by atoms with E-state index >= 15 is 0 Å².